The van der Waals surface area contributed by atoms with Gasteiger partial charge < -0.3 is 24.3 Å². The molecule has 2 aromatic rings. The van der Waals surface area contributed by atoms with E-state index in [2.05, 4.69) is 5.32 Å². The summed E-state index contributed by atoms with van der Waals surface area (Å²) in [7, 11) is 6.30. The number of benzene rings is 2. The van der Waals surface area contributed by atoms with E-state index < -0.39 is 0 Å². The van der Waals surface area contributed by atoms with Gasteiger partial charge in [0, 0.05) is 25.1 Å². The predicted octanol–water partition coefficient (Wildman–Crippen LogP) is 3.41. The molecule has 134 valence electrons. The van der Waals surface area contributed by atoms with Crippen molar-refractivity contribution in [2.24, 2.45) is 0 Å². The number of carbonyl (C=O) groups is 1. The minimum absolute atomic E-state index is 0.0144. The normalized spacial score (nSPS) is 10.1. The van der Waals surface area contributed by atoms with Crippen LogP contribution in [-0.4, -0.2) is 40.8 Å². The van der Waals surface area contributed by atoms with E-state index in [9.17, 15) is 4.79 Å². The summed E-state index contributed by atoms with van der Waals surface area (Å²) >= 11 is 0. The minimum atomic E-state index is -0.0144. The third-order valence-electron chi connectivity index (χ3n) is 3.79. The van der Waals surface area contributed by atoms with Crippen LogP contribution in [0.15, 0.2) is 36.4 Å². The molecular weight excluding hydrogens is 322 g/mol. The summed E-state index contributed by atoms with van der Waals surface area (Å²) in [6, 6.07) is 10.6. The second kappa shape index (κ2) is 8.82. The van der Waals surface area contributed by atoms with E-state index in [1.165, 1.54) is 7.11 Å². The van der Waals surface area contributed by atoms with Crippen molar-refractivity contribution in [2.45, 2.75) is 6.42 Å². The van der Waals surface area contributed by atoms with Crippen molar-refractivity contribution < 1.29 is 23.7 Å². The van der Waals surface area contributed by atoms with Gasteiger partial charge >= 0.3 is 0 Å². The third kappa shape index (κ3) is 4.56. The molecule has 2 aromatic carbocycles. The molecule has 0 aliphatic heterocycles. The van der Waals surface area contributed by atoms with Crippen LogP contribution in [0, 0.1) is 0 Å². The van der Waals surface area contributed by atoms with Crippen molar-refractivity contribution in [1.82, 2.24) is 0 Å². The highest BCUT2D eigenvalue weighted by Gasteiger charge is 2.13. The van der Waals surface area contributed by atoms with Crippen LogP contribution in [0.25, 0.3) is 0 Å². The number of carbonyl (C=O) groups excluding carboxylic acids is 1. The zero-order valence-corrected chi connectivity index (χ0v) is 14.9. The number of methoxy groups -OCH3 is 4. The largest absolute Gasteiger partial charge is 0.497 e. The quantitative estimate of drug-likeness (QED) is 0.703. The van der Waals surface area contributed by atoms with E-state index in [0.717, 1.165) is 5.69 Å². The number of ketones is 1. The van der Waals surface area contributed by atoms with Crippen molar-refractivity contribution >= 4 is 11.5 Å². The molecule has 0 radical (unpaired) electrons. The molecule has 0 saturated carbocycles. The number of nitrogens with one attached hydrogen (secondary N) is 1. The van der Waals surface area contributed by atoms with Crippen LogP contribution >= 0.6 is 0 Å². The average molecular weight is 345 g/mol. The van der Waals surface area contributed by atoms with Crippen LogP contribution in [0.1, 0.15) is 16.8 Å². The standard InChI is InChI=1S/C19H23NO5/c1-22-13-5-7-15(18(11-13)24-3)17(21)9-10-20-16-8-6-14(23-2)12-19(16)25-4/h5-8,11-12,20H,9-10H2,1-4H3. The number of anilines is 1. The molecule has 0 bridgehead atoms. The highest BCUT2D eigenvalue weighted by atomic mass is 16.5. The summed E-state index contributed by atoms with van der Waals surface area (Å²) in [6.07, 6.45) is 0.317. The Balaban J connectivity index is 2.01. The van der Waals surface area contributed by atoms with Crippen molar-refractivity contribution in [2.75, 3.05) is 40.3 Å². The van der Waals surface area contributed by atoms with E-state index in [1.54, 1.807) is 45.6 Å². The Labute approximate surface area is 147 Å². The van der Waals surface area contributed by atoms with Gasteiger partial charge in [-0.3, -0.25) is 4.79 Å². The summed E-state index contributed by atoms with van der Waals surface area (Å²) in [5.41, 5.74) is 1.34. The summed E-state index contributed by atoms with van der Waals surface area (Å²) in [5.74, 6) is 2.51. The fraction of sp³-hybridized carbons (Fsp3) is 0.316. The lowest BCUT2D eigenvalue weighted by Crippen LogP contribution is -2.10. The van der Waals surface area contributed by atoms with E-state index in [1.807, 2.05) is 12.1 Å². The predicted molar refractivity (Wildman–Crippen MR) is 96.5 cm³/mol. The molecule has 0 heterocycles. The Morgan fingerprint density at radius 2 is 1.44 bits per heavy atom. The summed E-state index contributed by atoms with van der Waals surface area (Å²) in [4.78, 5) is 12.5. The van der Waals surface area contributed by atoms with E-state index >= 15 is 0 Å². The first-order valence-electron chi connectivity index (χ1n) is 7.84. The van der Waals surface area contributed by atoms with Gasteiger partial charge in [0.1, 0.15) is 23.0 Å². The molecule has 6 heteroatoms. The fourth-order valence-electron chi connectivity index (χ4n) is 2.42. The first-order chi connectivity index (χ1) is 12.1. The van der Waals surface area contributed by atoms with E-state index in [-0.39, 0.29) is 5.78 Å². The number of rotatable bonds is 9. The molecule has 0 saturated heterocycles. The molecule has 1 N–H and O–H groups in total. The first kappa shape index (κ1) is 18.4. The lowest BCUT2D eigenvalue weighted by atomic mass is 10.1. The summed E-state index contributed by atoms with van der Waals surface area (Å²) in [5, 5.41) is 3.21. The summed E-state index contributed by atoms with van der Waals surface area (Å²) in [6.45, 7) is 0.469. The van der Waals surface area contributed by atoms with Gasteiger partial charge in [0.05, 0.1) is 39.7 Å². The van der Waals surface area contributed by atoms with Crippen LogP contribution in [0.4, 0.5) is 5.69 Å². The Morgan fingerprint density at radius 3 is 2.04 bits per heavy atom. The second-order valence-corrected chi connectivity index (χ2v) is 5.23. The molecule has 0 fully saturated rings. The molecule has 0 aliphatic carbocycles. The lowest BCUT2D eigenvalue weighted by Gasteiger charge is -2.13. The van der Waals surface area contributed by atoms with Crippen LogP contribution < -0.4 is 24.3 Å². The Bertz CT molecular complexity index is 730. The van der Waals surface area contributed by atoms with Crippen LogP contribution in [0.5, 0.6) is 23.0 Å². The number of ether oxygens (including phenoxy) is 4. The Hall–Kier alpha value is -2.89. The number of hydrogen-bond acceptors (Lipinski definition) is 6. The SMILES string of the molecule is COc1ccc(NCCC(=O)c2ccc(OC)cc2OC)c(OC)c1. The van der Waals surface area contributed by atoms with Crippen molar-refractivity contribution in [3.63, 3.8) is 0 Å². The van der Waals surface area contributed by atoms with Crippen LogP contribution in [0.2, 0.25) is 0 Å². The highest BCUT2D eigenvalue weighted by molar-refractivity contribution is 5.99. The van der Waals surface area contributed by atoms with Crippen molar-refractivity contribution in [3.05, 3.63) is 42.0 Å². The maximum Gasteiger partial charge on any atom is 0.168 e. The molecule has 2 rings (SSSR count). The number of hydrogen-bond donors (Lipinski definition) is 1. The van der Waals surface area contributed by atoms with Gasteiger partial charge in [0.15, 0.2) is 5.78 Å². The smallest absolute Gasteiger partial charge is 0.168 e. The zero-order chi connectivity index (χ0) is 18.2. The topological polar surface area (TPSA) is 66.0 Å². The van der Waals surface area contributed by atoms with Gasteiger partial charge in [0.2, 0.25) is 0 Å². The molecule has 0 unspecified atom stereocenters. The molecule has 0 atom stereocenters. The van der Waals surface area contributed by atoms with Gasteiger partial charge in [0.25, 0.3) is 0 Å². The van der Waals surface area contributed by atoms with Crippen molar-refractivity contribution in [3.8, 4) is 23.0 Å². The molecule has 0 aliphatic rings. The molecule has 0 amide bonds. The van der Waals surface area contributed by atoms with Crippen LogP contribution in [0.3, 0.4) is 0 Å². The van der Waals surface area contributed by atoms with E-state index in [4.69, 9.17) is 18.9 Å². The van der Waals surface area contributed by atoms with Crippen LogP contribution in [-0.2, 0) is 0 Å². The average Bonchev–Trinajstić information content (AvgIpc) is 2.67. The minimum Gasteiger partial charge on any atom is -0.497 e. The second-order valence-electron chi connectivity index (χ2n) is 5.23. The third-order valence-corrected chi connectivity index (χ3v) is 3.79. The number of Topliss-reactive ketones (excluding diaryl/α,β-unsaturated/α-hetero) is 1. The Morgan fingerprint density at radius 1 is 0.840 bits per heavy atom. The van der Waals surface area contributed by atoms with Gasteiger partial charge in [-0.15, -0.1) is 0 Å². The molecule has 0 spiro atoms. The summed E-state index contributed by atoms with van der Waals surface area (Å²) < 4.78 is 20.9. The van der Waals surface area contributed by atoms with Gasteiger partial charge in [-0.25, -0.2) is 0 Å². The zero-order valence-electron chi connectivity index (χ0n) is 14.9. The first-order valence-corrected chi connectivity index (χ1v) is 7.84. The van der Waals surface area contributed by atoms with Gasteiger partial charge in [-0.05, 0) is 24.3 Å². The molecule has 25 heavy (non-hydrogen) atoms. The molecule has 6 nitrogen and oxygen atoms in total. The fourth-order valence-corrected chi connectivity index (χ4v) is 2.42. The molecular formula is C19H23NO5. The van der Waals surface area contributed by atoms with E-state index in [0.29, 0.717) is 41.5 Å². The maximum absolute atomic E-state index is 12.5. The maximum atomic E-state index is 12.5. The van der Waals surface area contributed by atoms with Gasteiger partial charge in [-0.1, -0.05) is 0 Å². The monoisotopic (exact) mass is 345 g/mol. The molecule has 0 aromatic heterocycles. The highest BCUT2D eigenvalue weighted by Crippen LogP contribution is 2.29. The van der Waals surface area contributed by atoms with Crippen molar-refractivity contribution in [1.29, 1.82) is 0 Å². The van der Waals surface area contributed by atoms with Gasteiger partial charge in [-0.2, -0.15) is 0 Å². The lowest BCUT2D eigenvalue weighted by molar-refractivity contribution is 0.0983. The Kier molecular flexibility index (Phi) is 6.51.